The average molecular weight is 483 g/mol. The van der Waals surface area contributed by atoms with Crippen LogP contribution < -0.4 is 20.7 Å². The fourth-order valence-electron chi connectivity index (χ4n) is 5.31. The van der Waals surface area contributed by atoms with Gasteiger partial charge in [-0.15, -0.1) is 0 Å². The van der Waals surface area contributed by atoms with Crippen molar-refractivity contribution in [1.29, 1.82) is 0 Å². The molecule has 0 bridgehead atoms. The summed E-state index contributed by atoms with van der Waals surface area (Å²) in [5.41, 5.74) is 2.42. The predicted molar refractivity (Wildman–Crippen MR) is 135 cm³/mol. The van der Waals surface area contributed by atoms with Crippen LogP contribution >= 0.6 is 11.6 Å². The molecule has 2 fully saturated rings. The Bertz CT molecular complexity index is 1090. The highest BCUT2D eigenvalue weighted by Gasteiger charge is 2.32. The molecule has 1 aliphatic carbocycles. The van der Waals surface area contributed by atoms with Crippen molar-refractivity contribution in [3.05, 3.63) is 47.0 Å². The summed E-state index contributed by atoms with van der Waals surface area (Å²) in [5.74, 6) is 0.147. The van der Waals surface area contributed by atoms with Gasteiger partial charge in [0.2, 0.25) is 0 Å². The van der Waals surface area contributed by atoms with Crippen LogP contribution in [0.25, 0.3) is 0 Å². The smallest absolute Gasteiger partial charge is 0.265 e. The molecule has 2 aromatic carbocycles. The Morgan fingerprint density at radius 1 is 1.09 bits per heavy atom. The number of benzene rings is 2. The van der Waals surface area contributed by atoms with Crippen LogP contribution in [0.2, 0.25) is 5.02 Å². The van der Waals surface area contributed by atoms with Crippen molar-refractivity contribution in [1.82, 2.24) is 4.90 Å². The van der Waals surface area contributed by atoms with Gasteiger partial charge in [0.05, 0.1) is 11.3 Å². The Labute approximate surface area is 205 Å². The molecular formula is C26H31ClN4O3. The summed E-state index contributed by atoms with van der Waals surface area (Å²) in [4.78, 5) is 27.8. The highest BCUT2D eigenvalue weighted by atomic mass is 35.5. The fourth-order valence-corrected chi connectivity index (χ4v) is 5.48. The Morgan fingerprint density at radius 3 is 2.71 bits per heavy atom. The first-order valence-corrected chi connectivity index (χ1v) is 12.6. The van der Waals surface area contributed by atoms with Crippen molar-refractivity contribution in [2.45, 2.75) is 63.6 Å². The molecule has 34 heavy (non-hydrogen) atoms. The zero-order valence-electron chi connectivity index (χ0n) is 19.4. The van der Waals surface area contributed by atoms with Crippen LogP contribution in [0.3, 0.4) is 0 Å². The van der Waals surface area contributed by atoms with E-state index in [9.17, 15) is 9.59 Å². The number of carbonyl (C=O) groups excluding carboxylic acids is 2. The van der Waals surface area contributed by atoms with E-state index < -0.39 is 6.10 Å². The van der Waals surface area contributed by atoms with Crippen LogP contribution in [0.15, 0.2) is 36.4 Å². The van der Waals surface area contributed by atoms with Crippen molar-refractivity contribution < 1.29 is 14.3 Å². The molecule has 3 aliphatic rings. The molecule has 2 amide bonds. The van der Waals surface area contributed by atoms with E-state index in [1.807, 2.05) is 6.07 Å². The maximum Gasteiger partial charge on any atom is 0.265 e. The number of fused-ring (bicyclic) bond motifs is 1. The summed E-state index contributed by atoms with van der Waals surface area (Å²) in [6.07, 6.45) is 6.68. The van der Waals surface area contributed by atoms with Crippen molar-refractivity contribution in [3.8, 4) is 5.75 Å². The van der Waals surface area contributed by atoms with E-state index in [-0.39, 0.29) is 17.9 Å². The molecule has 5 rings (SSSR count). The summed E-state index contributed by atoms with van der Waals surface area (Å²) in [6.45, 7) is 4.01. The lowest BCUT2D eigenvalue weighted by atomic mass is 9.89. The van der Waals surface area contributed by atoms with Crippen molar-refractivity contribution in [2.24, 2.45) is 0 Å². The van der Waals surface area contributed by atoms with Gasteiger partial charge in [0, 0.05) is 28.5 Å². The number of anilines is 3. The number of nitrogens with zero attached hydrogens (tertiary/aromatic N) is 1. The van der Waals surface area contributed by atoms with E-state index in [1.165, 1.54) is 32.1 Å². The number of rotatable bonds is 5. The number of halogens is 1. The summed E-state index contributed by atoms with van der Waals surface area (Å²) >= 11 is 6.33. The lowest BCUT2D eigenvalue weighted by Crippen LogP contribution is -2.47. The van der Waals surface area contributed by atoms with E-state index in [0.29, 0.717) is 33.8 Å². The summed E-state index contributed by atoms with van der Waals surface area (Å²) < 4.78 is 5.60. The molecule has 8 heteroatoms. The number of hydrogen-bond donors (Lipinski definition) is 3. The first-order chi connectivity index (χ1) is 16.5. The first-order valence-electron chi connectivity index (χ1n) is 12.2. The van der Waals surface area contributed by atoms with Gasteiger partial charge in [0.25, 0.3) is 11.8 Å². The molecule has 2 heterocycles. The summed E-state index contributed by atoms with van der Waals surface area (Å²) in [6, 6.07) is 11.4. The van der Waals surface area contributed by atoms with Crippen LogP contribution in [-0.4, -0.2) is 48.0 Å². The highest BCUT2D eigenvalue weighted by Crippen LogP contribution is 2.34. The van der Waals surface area contributed by atoms with E-state index in [1.54, 1.807) is 37.3 Å². The third-order valence-electron chi connectivity index (χ3n) is 7.07. The third kappa shape index (κ3) is 4.86. The topological polar surface area (TPSA) is 82.7 Å². The fraction of sp³-hybridized carbons (Fsp3) is 0.462. The lowest BCUT2D eigenvalue weighted by Gasteiger charge is -2.39. The van der Waals surface area contributed by atoms with Gasteiger partial charge in [-0.2, -0.15) is 0 Å². The third-order valence-corrected chi connectivity index (χ3v) is 7.31. The molecule has 0 radical (unpaired) electrons. The molecule has 3 atom stereocenters. The van der Waals surface area contributed by atoms with Crippen LogP contribution in [0.5, 0.6) is 5.75 Å². The van der Waals surface area contributed by atoms with E-state index in [2.05, 4.69) is 20.9 Å². The van der Waals surface area contributed by atoms with Crippen molar-refractivity contribution in [2.75, 3.05) is 29.0 Å². The maximum absolute atomic E-state index is 13.3. The molecule has 180 valence electrons. The van der Waals surface area contributed by atoms with Crippen LogP contribution in [-0.2, 0) is 4.79 Å². The van der Waals surface area contributed by atoms with Gasteiger partial charge in [-0.1, -0.05) is 24.4 Å². The summed E-state index contributed by atoms with van der Waals surface area (Å²) in [5, 5.41) is 10.0. The number of carbonyl (C=O) groups is 2. The molecule has 0 spiro atoms. The molecule has 2 aromatic rings. The second-order valence-corrected chi connectivity index (χ2v) is 9.89. The van der Waals surface area contributed by atoms with Crippen LogP contribution in [0.4, 0.5) is 17.1 Å². The van der Waals surface area contributed by atoms with Gasteiger partial charge in [-0.3, -0.25) is 14.5 Å². The van der Waals surface area contributed by atoms with E-state index >= 15 is 0 Å². The standard InChI is InChI=1S/C26H31ClN4O3/c1-16-25(32)30-22-15-18(9-11-24(22)34-16)28-26(33)19-10-8-17(27)14-21(19)29-20-6-2-3-7-23(20)31-12-4-5-13-31/h8-11,14-16,20,23,29H,2-7,12-13H2,1H3,(H,28,33)(H,30,32)/t16-,20-,23+/m1/s1. The second kappa shape index (κ2) is 9.84. The molecular weight excluding hydrogens is 452 g/mol. The minimum Gasteiger partial charge on any atom is -0.479 e. The van der Waals surface area contributed by atoms with Gasteiger partial charge in [-0.25, -0.2) is 0 Å². The number of nitrogens with one attached hydrogen (secondary N) is 3. The molecule has 3 N–H and O–H groups in total. The number of amides is 2. The molecule has 1 saturated carbocycles. The monoisotopic (exact) mass is 482 g/mol. The average Bonchev–Trinajstić information content (AvgIpc) is 3.35. The molecule has 1 saturated heterocycles. The number of ether oxygens (including phenoxy) is 1. The predicted octanol–water partition coefficient (Wildman–Crippen LogP) is 5.13. The van der Waals surface area contributed by atoms with Crippen LogP contribution in [0.1, 0.15) is 55.8 Å². The SMILES string of the molecule is C[C@H]1Oc2ccc(NC(=O)c3ccc(Cl)cc3N[C@@H]3CCCC[C@@H]3N3CCCC3)cc2NC1=O. The second-order valence-electron chi connectivity index (χ2n) is 9.45. The van der Waals surface area contributed by atoms with Crippen molar-refractivity contribution in [3.63, 3.8) is 0 Å². The molecule has 0 aromatic heterocycles. The Balaban J connectivity index is 1.35. The minimum absolute atomic E-state index is 0.208. The van der Waals surface area contributed by atoms with E-state index in [4.69, 9.17) is 16.3 Å². The highest BCUT2D eigenvalue weighted by molar-refractivity contribution is 6.31. The molecule has 2 aliphatic heterocycles. The van der Waals surface area contributed by atoms with Gasteiger partial charge in [0.1, 0.15) is 5.75 Å². The Hall–Kier alpha value is -2.77. The molecule has 0 unspecified atom stereocenters. The van der Waals surface area contributed by atoms with Gasteiger partial charge >= 0.3 is 0 Å². The minimum atomic E-state index is -0.542. The Kier molecular flexibility index (Phi) is 6.66. The van der Waals surface area contributed by atoms with Gasteiger partial charge in [-0.05, 0) is 82.1 Å². The number of hydrogen-bond acceptors (Lipinski definition) is 5. The lowest BCUT2D eigenvalue weighted by molar-refractivity contribution is -0.122. The molecule has 7 nitrogen and oxygen atoms in total. The number of likely N-dealkylation sites (tertiary alicyclic amines) is 1. The van der Waals surface area contributed by atoms with Gasteiger partial charge < -0.3 is 20.7 Å². The van der Waals surface area contributed by atoms with Gasteiger partial charge in [0.15, 0.2) is 6.10 Å². The van der Waals surface area contributed by atoms with Crippen LogP contribution in [0, 0.1) is 0 Å². The first kappa shape index (κ1) is 23.0. The zero-order chi connectivity index (χ0) is 23.7. The van der Waals surface area contributed by atoms with Crippen molar-refractivity contribution >= 4 is 40.5 Å². The Morgan fingerprint density at radius 2 is 1.88 bits per heavy atom. The quantitative estimate of drug-likeness (QED) is 0.550. The summed E-state index contributed by atoms with van der Waals surface area (Å²) in [7, 11) is 0. The van der Waals surface area contributed by atoms with E-state index in [0.717, 1.165) is 25.2 Å². The maximum atomic E-state index is 13.3. The largest absolute Gasteiger partial charge is 0.479 e. The zero-order valence-corrected chi connectivity index (χ0v) is 20.2. The normalized spacial score (nSPS) is 24.6.